The number of ether oxygens (including phenoxy) is 1. The first-order valence-electron chi connectivity index (χ1n) is 10.8. The number of amides is 3. The maximum atomic E-state index is 12.7. The lowest BCUT2D eigenvalue weighted by Gasteiger charge is -2.38. The summed E-state index contributed by atoms with van der Waals surface area (Å²) >= 11 is 0. The van der Waals surface area contributed by atoms with E-state index in [-0.39, 0.29) is 18.0 Å². The number of benzene rings is 1. The molecule has 3 amide bonds. The van der Waals surface area contributed by atoms with Crippen LogP contribution in [0.15, 0.2) is 24.3 Å². The van der Waals surface area contributed by atoms with E-state index >= 15 is 0 Å². The molecule has 0 radical (unpaired) electrons. The average molecular weight is 403 g/mol. The molecule has 1 N–H and O–H groups in total. The van der Waals surface area contributed by atoms with Crippen molar-refractivity contribution >= 4 is 17.6 Å². The molecule has 2 aliphatic rings. The summed E-state index contributed by atoms with van der Waals surface area (Å²) in [6.45, 7) is 9.99. The van der Waals surface area contributed by atoms with Crippen LogP contribution in [0.1, 0.15) is 40.0 Å². The second-order valence-corrected chi connectivity index (χ2v) is 7.92. The van der Waals surface area contributed by atoms with E-state index in [2.05, 4.69) is 23.2 Å². The number of carbonyl (C=O) groups is 2. The highest BCUT2D eigenvalue weighted by atomic mass is 16.5. The topological polar surface area (TPSA) is 65.1 Å². The molecule has 0 aromatic heterocycles. The van der Waals surface area contributed by atoms with Crippen LogP contribution in [0.3, 0.4) is 0 Å². The summed E-state index contributed by atoms with van der Waals surface area (Å²) in [6, 6.07) is 7.61. The van der Waals surface area contributed by atoms with Gasteiger partial charge in [0.1, 0.15) is 11.8 Å². The largest absolute Gasteiger partial charge is 0.492 e. The molecule has 160 valence electrons. The van der Waals surface area contributed by atoms with E-state index in [4.69, 9.17) is 4.74 Å². The van der Waals surface area contributed by atoms with Crippen molar-refractivity contribution in [1.82, 2.24) is 15.1 Å². The third-order valence-electron chi connectivity index (χ3n) is 5.87. The smallest absolute Gasteiger partial charge is 0.318 e. The Balaban J connectivity index is 1.52. The molecule has 1 aromatic carbocycles. The SMILES string of the molecule is CCOc1ccccc1N1CCN(C(=O)NC(C)C(=O)N2CCCCC2C)CC1. The molecule has 2 fully saturated rings. The van der Waals surface area contributed by atoms with Crippen molar-refractivity contribution in [3.63, 3.8) is 0 Å². The maximum Gasteiger partial charge on any atom is 0.318 e. The quantitative estimate of drug-likeness (QED) is 0.823. The molecule has 3 rings (SSSR count). The molecule has 2 atom stereocenters. The van der Waals surface area contributed by atoms with Crippen LogP contribution >= 0.6 is 0 Å². The molecule has 7 heteroatoms. The number of piperidine rings is 1. The predicted molar refractivity (Wildman–Crippen MR) is 114 cm³/mol. The Morgan fingerprint density at radius 1 is 1.14 bits per heavy atom. The van der Waals surface area contributed by atoms with Crippen molar-refractivity contribution in [3.8, 4) is 5.75 Å². The number of nitrogens with one attached hydrogen (secondary N) is 1. The monoisotopic (exact) mass is 402 g/mol. The number of nitrogens with zero attached hydrogens (tertiary/aromatic N) is 3. The number of carbonyl (C=O) groups excluding carboxylic acids is 2. The Morgan fingerprint density at radius 3 is 2.55 bits per heavy atom. The average Bonchev–Trinajstić information content (AvgIpc) is 2.74. The minimum atomic E-state index is -0.500. The van der Waals surface area contributed by atoms with Crippen molar-refractivity contribution in [1.29, 1.82) is 0 Å². The van der Waals surface area contributed by atoms with Gasteiger partial charge in [0.2, 0.25) is 5.91 Å². The molecule has 29 heavy (non-hydrogen) atoms. The van der Waals surface area contributed by atoms with E-state index in [9.17, 15) is 9.59 Å². The Kier molecular flexibility index (Phi) is 7.23. The van der Waals surface area contributed by atoms with Gasteiger partial charge in [-0.2, -0.15) is 0 Å². The van der Waals surface area contributed by atoms with E-state index in [1.165, 1.54) is 6.42 Å². The van der Waals surface area contributed by atoms with E-state index < -0.39 is 6.04 Å². The highest BCUT2D eigenvalue weighted by molar-refractivity contribution is 5.87. The lowest BCUT2D eigenvalue weighted by atomic mass is 10.0. The second-order valence-electron chi connectivity index (χ2n) is 7.92. The Hall–Kier alpha value is -2.44. The summed E-state index contributed by atoms with van der Waals surface area (Å²) in [4.78, 5) is 31.4. The van der Waals surface area contributed by atoms with Gasteiger partial charge in [0.25, 0.3) is 0 Å². The Bertz CT molecular complexity index is 703. The standard InChI is InChI=1S/C22H34N4O3/c1-4-29-20-11-6-5-10-19(20)24-13-15-25(16-14-24)22(28)23-18(3)21(27)26-12-8-7-9-17(26)2/h5-6,10-11,17-18H,4,7-9,12-16H2,1-3H3,(H,23,28). The van der Waals surface area contributed by atoms with Gasteiger partial charge in [-0.15, -0.1) is 0 Å². The fourth-order valence-electron chi connectivity index (χ4n) is 4.16. The van der Waals surface area contributed by atoms with Crippen LogP contribution in [-0.2, 0) is 4.79 Å². The van der Waals surface area contributed by atoms with E-state index in [1.807, 2.05) is 30.0 Å². The summed E-state index contributed by atoms with van der Waals surface area (Å²) in [6.07, 6.45) is 3.25. The molecule has 0 spiro atoms. The van der Waals surface area contributed by atoms with Crippen LogP contribution in [0.2, 0.25) is 0 Å². The van der Waals surface area contributed by atoms with Gasteiger partial charge in [-0.3, -0.25) is 4.79 Å². The van der Waals surface area contributed by atoms with Crippen molar-refractivity contribution < 1.29 is 14.3 Å². The van der Waals surface area contributed by atoms with E-state index in [0.29, 0.717) is 19.7 Å². The van der Waals surface area contributed by atoms with Crippen molar-refractivity contribution in [2.75, 3.05) is 44.2 Å². The van der Waals surface area contributed by atoms with Crippen LogP contribution in [0.25, 0.3) is 0 Å². The lowest BCUT2D eigenvalue weighted by Crippen LogP contribution is -2.57. The van der Waals surface area contributed by atoms with Gasteiger partial charge in [-0.25, -0.2) is 4.79 Å². The fraction of sp³-hybridized carbons (Fsp3) is 0.636. The van der Waals surface area contributed by atoms with Gasteiger partial charge in [-0.05, 0) is 52.2 Å². The third-order valence-corrected chi connectivity index (χ3v) is 5.87. The summed E-state index contributed by atoms with van der Waals surface area (Å²) in [7, 11) is 0. The summed E-state index contributed by atoms with van der Waals surface area (Å²) < 4.78 is 5.73. The number of piperazine rings is 1. The molecular weight excluding hydrogens is 368 g/mol. The number of hydrogen-bond donors (Lipinski definition) is 1. The van der Waals surface area contributed by atoms with E-state index in [1.54, 1.807) is 11.8 Å². The number of para-hydroxylation sites is 2. The normalized spacial score (nSPS) is 20.9. The van der Waals surface area contributed by atoms with Crippen LogP contribution < -0.4 is 15.0 Å². The number of hydrogen-bond acceptors (Lipinski definition) is 4. The van der Waals surface area contributed by atoms with Gasteiger partial charge in [0, 0.05) is 38.8 Å². The van der Waals surface area contributed by atoms with Gasteiger partial charge < -0.3 is 24.8 Å². The zero-order chi connectivity index (χ0) is 20.8. The number of anilines is 1. The fourth-order valence-corrected chi connectivity index (χ4v) is 4.16. The third kappa shape index (κ3) is 5.14. The molecule has 0 saturated carbocycles. The van der Waals surface area contributed by atoms with Gasteiger partial charge in [0.15, 0.2) is 0 Å². The van der Waals surface area contributed by atoms with Gasteiger partial charge in [-0.1, -0.05) is 12.1 Å². The zero-order valence-electron chi connectivity index (χ0n) is 17.9. The Morgan fingerprint density at radius 2 is 1.86 bits per heavy atom. The molecule has 2 aliphatic heterocycles. The molecular formula is C22H34N4O3. The first-order valence-corrected chi connectivity index (χ1v) is 10.8. The van der Waals surface area contributed by atoms with Crippen LogP contribution in [0, 0.1) is 0 Å². The van der Waals surface area contributed by atoms with Gasteiger partial charge >= 0.3 is 6.03 Å². The molecule has 0 bridgehead atoms. The summed E-state index contributed by atoms with van der Waals surface area (Å²) in [5.74, 6) is 0.901. The van der Waals surface area contributed by atoms with Crippen LogP contribution in [0.5, 0.6) is 5.75 Å². The van der Waals surface area contributed by atoms with Gasteiger partial charge in [0.05, 0.1) is 12.3 Å². The van der Waals surface area contributed by atoms with Crippen molar-refractivity contribution in [2.24, 2.45) is 0 Å². The van der Waals surface area contributed by atoms with Crippen LogP contribution in [-0.4, -0.2) is 73.2 Å². The minimum Gasteiger partial charge on any atom is -0.492 e. The lowest BCUT2D eigenvalue weighted by molar-refractivity contribution is -0.136. The zero-order valence-corrected chi connectivity index (χ0v) is 17.9. The number of urea groups is 1. The van der Waals surface area contributed by atoms with Crippen molar-refractivity contribution in [2.45, 2.75) is 52.1 Å². The molecule has 7 nitrogen and oxygen atoms in total. The minimum absolute atomic E-state index is 0.0230. The van der Waals surface area contributed by atoms with Crippen molar-refractivity contribution in [3.05, 3.63) is 24.3 Å². The highest BCUT2D eigenvalue weighted by Crippen LogP contribution is 2.28. The highest BCUT2D eigenvalue weighted by Gasteiger charge is 2.30. The molecule has 2 saturated heterocycles. The predicted octanol–water partition coefficient (Wildman–Crippen LogP) is 2.71. The number of likely N-dealkylation sites (tertiary alicyclic amines) is 1. The molecule has 2 unspecified atom stereocenters. The summed E-state index contributed by atoms with van der Waals surface area (Å²) in [5, 5.41) is 2.91. The first kappa shape index (κ1) is 21.3. The molecule has 1 aromatic rings. The molecule has 2 heterocycles. The second kappa shape index (κ2) is 9.85. The number of rotatable bonds is 5. The van der Waals surface area contributed by atoms with Crippen LogP contribution in [0.4, 0.5) is 10.5 Å². The first-order chi connectivity index (χ1) is 14.0. The summed E-state index contributed by atoms with van der Waals surface area (Å²) in [5.41, 5.74) is 1.07. The Labute approximate surface area is 174 Å². The maximum absolute atomic E-state index is 12.7. The molecule has 0 aliphatic carbocycles. The van der Waals surface area contributed by atoms with E-state index in [0.717, 1.165) is 43.9 Å².